The SMILES string of the molecule is CCCOc1cccc(CNCC2CCCCC2CO)c1. The minimum Gasteiger partial charge on any atom is -0.494 e. The number of hydrogen-bond donors (Lipinski definition) is 2. The van der Waals surface area contributed by atoms with Gasteiger partial charge in [-0.3, -0.25) is 0 Å². The minimum atomic E-state index is 0.340. The van der Waals surface area contributed by atoms with Gasteiger partial charge in [0.05, 0.1) is 6.61 Å². The van der Waals surface area contributed by atoms with Crippen LogP contribution in [0.4, 0.5) is 0 Å². The zero-order chi connectivity index (χ0) is 14.9. The Hall–Kier alpha value is -1.06. The van der Waals surface area contributed by atoms with Crippen molar-refractivity contribution in [2.75, 3.05) is 19.8 Å². The van der Waals surface area contributed by atoms with Gasteiger partial charge in [-0.15, -0.1) is 0 Å². The molecule has 2 rings (SSSR count). The van der Waals surface area contributed by atoms with Crippen molar-refractivity contribution in [2.45, 2.75) is 45.6 Å². The van der Waals surface area contributed by atoms with Gasteiger partial charge in [-0.05, 0) is 55.3 Å². The molecule has 0 heterocycles. The number of nitrogens with one attached hydrogen (secondary N) is 1. The highest BCUT2D eigenvalue weighted by Gasteiger charge is 2.23. The molecule has 1 saturated carbocycles. The normalized spacial score (nSPS) is 22.2. The van der Waals surface area contributed by atoms with Crippen molar-refractivity contribution in [1.29, 1.82) is 0 Å². The van der Waals surface area contributed by atoms with E-state index in [0.29, 0.717) is 18.4 Å². The topological polar surface area (TPSA) is 41.5 Å². The molecule has 0 aliphatic heterocycles. The lowest BCUT2D eigenvalue weighted by molar-refractivity contribution is 0.133. The molecule has 0 bridgehead atoms. The van der Waals surface area contributed by atoms with E-state index in [4.69, 9.17) is 4.74 Å². The summed E-state index contributed by atoms with van der Waals surface area (Å²) in [6, 6.07) is 8.32. The van der Waals surface area contributed by atoms with E-state index >= 15 is 0 Å². The van der Waals surface area contributed by atoms with Crippen LogP contribution in [-0.4, -0.2) is 24.9 Å². The van der Waals surface area contributed by atoms with Gasteiger partial charge in [-0.2, -0.15) is 0 Å². The summed E-state index contributed by atoms with van der Waals surface area (Å²) < 4.78 is 5.67. The summed E-state index contributed by atoms with van der Waals surface area (Å²) in [5.41, 5.74) is 1.26. The molecule has 1 aromatic carbocycles. The lowest BCUT2D eigenvalue weighted by Gasteiger charge is -2.30. The molecule has 0 spiro atoms. The molecule has 3 heteroatoms. The zero-order valence-electron chi connectivity index (χ0n) is 13.2. The van der Waals surface area contributed by atoms with Crippen LogP contribution in [0.2, 0.25) is 0 Å². The van der Waals surface area contributed by atoms with Crippen LogP contribution in [-0.2, 0) is 6.54 Å². The number of aliphatic hydroxyl groups is 1. The number of rotatable bonds is 8. The summed E-state index contributed by atoms with van der Waals surface area (Å²) in [6.45, 7) is 5.11. The van der Waals surface area contributed by atoms with Gasteiger partial charge in [0, 0.05) is 13.2 Å². The number of ether oxygens (including phenoxy) is 1. The first-order valence-electron chi connectivity index (χ1n) is 8.36. The van der Waals surface area contributed by atoms with E-state index in [2.05, 4.69) is 30.4 Å². The molecule has 0 radical (unpaired) electrons. The Balaban J connectivity index is 1.77. The fraction of sp³-hybridized carbons (Fsp3) is 0.667. The van der Waals surface area contributed by atoms with E-state index in [1.807, 2.05) is 6.07 Å². The molecule has 2 atom stereocenters. The molecule has 1 aromatic rings. The second kappa shape index (κ2) is 9.06. The Labute approximate surface area is 128 Å². The van der Waals surface area contributed by atoms with Crippen LogP contribution >= 0.6 is 0 Å². The van der Waals surface area contributed by atoms with Crippen molar-refractivity contribution in [3.05, 3.63) is 29.8 Å². The average molecular weight is 291 g/mol. The predicted molar refractivity (Wildman–Crippen MR) is 86.5 cm³/mol. The lowest BCUT2D eigenvalue weighted by Crippen LogP contribution is -2.32. The van der Waals surface area contributed by atoms with Crippen LogP contribution in [0.25, 0.3) is 0 Å². The fourth-order valence-electron chi connectivity index (χ4n) is 3.16. The van der Waals surface area contributed by atoms with Gasteiger partial charge in [0.15, 0.2) is 0 Å². The highest BCUT2D eigenvalue weighted by molar-refractivity contribution is 5.28. The van der Waals surface area contributed by atoms with Crippen LogP contribution in [0.15, 0.2) is 24.3 Å². The Morgan fingerprint density at radius 3 is 2.81 bits per heavy atom. The second-order valence-corrected chi connectivity index (χ2v) is 6.11. The third-order valence-electron chi connectivity index (χ3n) is 4.41. The molecule has 3 nitrogen and oxygen atoms in total. The van der Waals surface area contributed by atoms with Crippen molar-refractivity contribution in [2.24, 2.45) is 11.8 Å². The van der Waals surface area contributed by atoms with Crippen molar-refractivity contribution < 1.29 is 9.84 Å². The summed E-state index contributed by atoms with van der Waals surface area (Å²) in [5, 5.41) is 13.0. The van der Waals surface area contributed by atoms with Crippen LogP contribution in [0.1, 0.15) is 44.6 Å². The van der Waals surface area contributed by atoms with Gasteiger partial charge in [0.1, 0.15) is 5.75 Å². The first kappa shape index (κ1) is 16.3. The van der Waals surface area contributed by atoms with Gasteiger partial charge >= 0.3 is 0 Å². The first-order chi connectivity index (χ1) is 10.3. The Morgan fingerprint density at radius 2 is 2.05 bits per heavy atom. The average Bonchev–Trinajstić information content (AvgIpc) is 2.54. The monoisotopic (exact) mass is 291 g/mol. The molecule has 2 unspecified atom stereocenters. The quantitative estimate of drug-likeness (QED) is 0.771. The van der Waals surface area contributed by atoms with Crippen LogP contribution in [0.3, 0.4) is 0 Å². The largest absolute Gasteiger partial charge is 0.494 e. The van der Waals surface area contributed by atoms with Gasteiger partial charge < -0.3 is 15.2 Å². The smallest absolute Gasteiger partial charge is 0.119 e. The van der Waals surface area contributed by atoms with Gasteiger partial charge in [-0.25, -0.2) is 0 Å². The van der Waals surface area contributed by atoms with Gasteiger partial charge in [-0.1, -0.05) is 31.9 Å². The second-order valence-electron chi connectivity index (χ2n) is 6.11. The molecule has 2 N–H and O–H groups in total. The highest BCUT2D eigenvalue weighted by Crippen LogP contribution is 2.29. The maximum absolute atomic E-state index is 9.45. The number of hydrogen-bond acceptors (Lipinski definition) is 3. The summed E-state index contributed by atoms with van der Waals surface area (Å²) >= 11 is 0. The van der Waals surface area contributed by atoms with E-state index in [-0.39, 0.29) is 0 Å². The lowest BCUT2D eigenvalue weighted by atomic mass is 9.79. The van der Waals surface area contributed by atoms with Gasteiger partial charge in [0.2, 0.25) is 0 Å². The van der Waals surface area contributed by atoms with Crippen LogP contribution < -0.4 is 10.1 Å². The summed E-state index contributed by atoms with van der Waals surface area (Å²) in [4.78, 5) is 0. The van der Waals surface area contributed by atoms with E-state index in [1.54, 1.807) is 0 Å². The third-order valence-corrected chi connectivity index (χ3v) is 4.41. The molecular formula is C18H29NO2. The number of benzene rings is 1. The van der Waals surface area contributed by atoms with E-state index in [0.717, 1.165) is 31.9 Å². The van der Waals surface area contributed by atoms with E-state index in [9.17, 15) is 5.11 Å². The fourth-order valence-corrected chi connectivity index (χ4v) is 3.16. The molecule has 1 fully saturated rings. The molecular weight excluding hydrogens is 262 g/mol. The Morgan fingerprint density at radius 1 is 1.24 bits per heavy atom. The standard InChI is InChI=1S/C18H29NO2/c1-2-10-21-18-9-5-6-15(11-18)12-19-13-16-7-3-4-8-17(16)14-20/h5-6,9,11,16-17,19-20H,2-4,7-8,10,12-14H2,1H3. The molecule has 0 saturated heterocycles. The van der Waals surface area contributed by atoms with Crippen molar-refractivity contribution in [1.82, 2.24) is 5.32 Å². The minimum absolute atomic E-state index is 0.340. The zero-order valence-corrected chi connectivity index (χ0v) is 13.2. The Kier molecular flexibility index (Phi) is 7.04. The van der Waals surface area contributed by atoms with E-state index in [1.165, 1.54) is 31.2 Å². The molecule has 1 aliphatic carbocycles. The van der Waals surface area contributed by atoms with E-state index < -0.39 is 0 Å². The van der Waals surface area contributed by atoms with Crippen molar-refractivity contribution in [3.63, 3.8) is 0 Å². The van der Waals surface area contributed by atoms with Crippen molar-refractivity contribution >= 4 is 0 Å². The molecule has 118 valence electrons. The molecule has 1 aliphatic rings. The number of aliphatic hydroxyl groups excluding tert-OH is 1. The highest BCUT2D eigenvalue weighted by atomic mass is 16.5. The summed E-state index contributed by atoms with van der Waals surface area (Å²) in [5.74, 6) is 2.08. The van der Waals surface area contributed by atoms with Crippen LogP contribution in [0.5, 0.6) is 5.75 Å². The molecule has 0 aromatic heterocycles. The Bertz CT molecular complexity index is 408. The van der Waals surface area contributed by atoms with Crippen LogP contribution in [0, 0.1) is 11.8 Å². The van der Waals surface area contributed by atoms with Crippen molar-refractivity contribution in [3.8, 4) is 5.75 Å². The maximum atomic E-state index is 9.45. The van der Waals surface area contributed by atoms with Gasteiger partial charge in [0.25, 0.3) is 0 Å². The first-order valence-corrected chi connectivity index (χ1v) is 8.36. The summed E-state index contributed by atoms with van der Waals surface area (Å²) in [7, 11) is 0. The maximum Gasteiger partial charge on any atom is 0.119 e. The summed E-state index contributed by atoms with van der Waals surface area (Å²) in [6.07, 6.45) is 6.05. The third kappa shape index (κ3) is 5.33. The predicted octanol–water partition coefficient (Wildman–Crippen LogP) is 3.36. The molecule has 21 heavy (non-hydrogen) atoms. The molecule has 0 amide bonds.